The van der Waals surface area contributed by atoms with Crippen LogP contribution in [-0.4, -0.2) is 37.0 Å². The highest BCUT2D eigenvalue weighted by molar-refractivity contribution is 7.91. The Morgan fingerprint density at radius 2 is 2.28 bits per heavy atom. The van der Waals surface area contributed by atoms with Crippen molar-refractivity contribution in [1.29, 1.82) is 0 Å². The highest BCUT2D eigenvalue weighted by Gasteiger charge is 2.30. The largest absolute Gasteiger partial charge is 0.361 e. The smallest absolute Gasteiger partial charge is 0.257 e. The first kappa shape index (κ1) is 13.1. The molecule has 2 rings (SSSR count). The van der Waals surface area contributed by atoms with E-state index in [2.05, 4.69) is 10.5 Å². The second-order valence-corrected chi connectivity index (χ2v) is 6.72. The molecule has 0 saturated carbocycles. The van der Waals surface area contributed by atoms with E-state index >= 15 is 0 Å². The zero-order valence-electron chi connectivity index (χ0n) is 10.4. The number of rotatable bonds is 3. The zero-order valence-corrected chi connectivity index (χ0v) is 11.2. The van der Waals surface area contributed by atoms with E-state index in [1.807, 2.05) is 6.92 Å². The van der Waals surface area contributed by atoms with Gasteiger partial charge in [0.2, 0.25) is 0 Å². The van der Waals surface area contributed by atoms with Crippen molar-refractivity contribution >= 4 is 15.7 Å². The molecule has 1 aliphatic heterocycles. The Morgan fingerprint density at radius 1 is 1.56 bits per heavy atom. The average molecular weight is 272 g/mol. The summed E-state index contributed by atoms with van der Waals surface area (Å²) in [6.07, 6.45) is 1.07. The monoisotopic (exact) mass is 272 g/mol. The van der Waals surface area contributed by atoms with Gasteiger partial charge in [-0.2, -0.15) is 0 Å². The third kappa shape index (κ3) is 2.55. The van der Waals surface area contributed by atoms with Gasteiger partial charge in [0.15, 0.2) is 9.84 Å². The highest BCUT2D eigenvalue weighted by Crippen LogP contribution is 2.16. The lowest BCUT2D eigenvalue weighted by Crippen LogP contribution is -2.36. The Hall–Kier alpha value is -1.37. The van der Waals surface area contributed by atoms with Gasteiger partial charge in [-0.15, -0.1) is 0 Å². The fraction of sp³-hybridized carbons (Fsp3) is 0.636. The Bertz CT molecular complexity index is 562. The maximum absolute atomic E-state index is 12.1. The zero-order chi connectivity index (χ0) is 13.3. The minimum Gasteiger partial charge on any atom is -0.361 e. The van der Waals surface area contributed by atoms with Crippen LogP contribution in [0.25, 0.3) is 0 Å². The normalized spacial score (nSPS) is 22.0. The van der Waals surface area contributed by atoms with Crippen molar-refractivity contribution in [1.82, 2.24) is 10.5 Å². The maximum Gasteiger partial charge on any atom is 0.257 e. The van der Waals surface area contributed by atoms with Crippen LogP contribution in [0.3, 0.4) is 0 Å². The molecule has 0 unspecified atom stereocenters. The second-order valence-electron chi connectivity index (χ2n) is 4.49. The van der Waals surface area contributed by atoms with Crippen molar-refractivity contribution in [3.05, 3.63) is 17.0 Å². The number of hydrogen-bond donors (Lipinski definition) is 1. The third-order valence-electron chi connectivity index (χ3n) is 3.06. The van der Waals surface area contributed by atoms with Crippen LogP contribution >= 0.6 is 0 Å². The average Bonchev–Trinajstić information content (AvgIpc) is 2.81. The summed E-state index contributed by atoms with van der Waals surface area (Å²) in [5, 5.41) is 6.54. The number of carbonyl (C=O) groups excluding carboxylic acids is 1. The molecule has 18 heavy (non-hydrogen) atoms. The molecule has 6 nitrogen and oxygen atoms in total. The summed E-state index contributed by atoms with van der Waals surface area (Å²) in [4.78, 5) is 12.1. The van der Waals surface area contributed by atoms with Crippen LogP contribution < -0.4 is 5.32 Å². The molecule has 1 amide bonds. The Morgan fingerprint density at radius 3 is 2.83 bits per heavy atom. The number of aryl methyl sites for hydroxylation is 2. The number of nitrogens with one attached hydrogen (secondary N) is 1. The van der Waals surface area contributed by atoms with E-state index in [0.717, 1.165) is 0 Å². The Balaban J connectivity index is 2.11. The van der Waals surface area contributed by atoms with Crippen molar-refractivity contribution in [2.45, 2.75) is 32.7 Å². The molecule has 7 heteroatoms. The van der Waals surface area contributed by atoms with Crippen LogP contribution in [-0.2, 0) is 16.3 Å². The van der Waals surface area contributed by atoms with E-state index in [1.165, 1.54) is 0 Å². The minimum absolute atomic E-state index is 0.0184. The van der Waals surface area contributed by atoms with Crippen molar-refractivity contribution in [2.75, 3.05) is 11.5 Å². The number of amides is 1. The van der Waals surface area contributed by atoms with Crippen molar-refractivity contribution in [3.8, 4) is 0 Å². The quantitative estimate of drug-likeness (QED) is 0.863. The van der Waals surface area contributed by atoms with Crippen LogP contribution in [0.5, 0.6) is 0 Å². The number of aromatic nitrogens is 1. The molecule has 100 valence electrons. The lowest BCUT2D eigenvalue weighted by atomic mass is 10.1. The van der Waals surface area contributed by atoms with Gasteiger partial charge in [-0.3, -0.25) is 4.79 Å². The van der Waals surface area contributed by atoms with Crippen LogP contribution in [0.4, 0.5) is 0 Å². The van der Waals surface area contributed by atoms with Crippen LogP contribution in [0, 0.1) is 6.92 Å². The number of carbonyl (C=O) groups is 1. The number of nitrogens with zero attached hydrogens (tertiary/aromatic N) is 1. The molecule has 1 fully saturated rings. The van der Waals surface area contributed by atoms with Gasteiger partial charge in [-0.05, 0) is 19.8 Å². The molecule has 1 N–H and O–H groups in total. The third-order valence-corrected chi connectivity index (χ3v) is 4.83. The van der Waals surface area contributed by atoms with Crippen molar-refractivity contribution in [3.63, 3.8) is 0 Å². The van der Waals surface area contributed by atoms with Gasteiger partial charge in [-0.25, -0.2) is 8.42 Å². The lowest BCUT2D eigenvalue weighted by Gasteiger charge is -2.10. The van der Waals surface area contributed by atoms with Crippen molar-refractivity contribution < 1.29 is 17.7 Å². The van der Waals surface area contributed by atoms with Gasteiger partial charge < -0.3 is 9.84 Å². The molecule has 0 spiro atoms. The number of sulfone groups is 1. The lowest BCUT2D eigenvalue weighted by molar-refractivity contribution is 0.0939. The summed E-state index contributed by atoms with van der Waals surface area (Å²) >= 11 is 0. The van der Waals surface area contributed by atoms with Gasteiger partial charge in [-0.1, -0.05) is 12.1 Å². The van der Waals surface area contributed by atoms with Gasteiger partial charge >= 0.3 is 0 Å². The van der Waals surface area contributed by atoms with E-state index in [9.17, 15) is 13.2 Å². The number of hydrogen-bond acceptors (Lipinski definition) is 5. The molecular weight excluding hydrogens is 256 g/mol. The summed E-state index contributed by atoms with van der Waals surface area (Å²) in [7, 11) is -2.99. The molecular formula is C11H16N2O4S. The van der Waals surface area contributed by atoms with Gasteiger partial charge in [0.05, 0.1) is 17.2 Å². The first-order chi connectivity index (χ1) is 8.43. The highest BCUT2D eigenvalue weighted by atomic mass is 32.2. The molecule has 0 radical (unpaired) electrons. The molecule has 1 atom stereocenters. The van der Waals surface area contributed by atoms with E-state index in [1.54, 1.807) is 6.92 Å². The predicted molar refractivity (Wildman–Crippen MR) is 65.1 cm³/mol. The van der Waals surface area contributed by atoms with Gasteiger partial charge in [0.1, 0.15) is 11.3 Å². The van der Waals surface area contributed by atoms with Crippen LogP contribution in [0.2, 0.25) is 0 Å². The molecule has 1 aromatic rings. The fourth-order valence-corrected chi connectivity index (χ4v) is 3.79. The Kier molecular flexibility index (Phi) is 3.43. The molecule has 2 heterocycles. The second kappa shape index (κ2) is 4.72. The summed E-state index contributed by atoms with van der Waals surface area (Å²) in [6, 6.07) is -0.304. The summed E-state index contributed by atoms with van der Waals surface area (Å²) < 4.78 is 27.6. The van der Waals surface area contributed by atoms with Gasteiger partial charge in [0.25, 0.3) is 5.91 Å². The first-order valence-electron chi connectivity index (χ1n) is 5.89. The molecule has 1 saturated heterocycles. The summed E-state index contributed by atoms with van der Waals surface area (Å²) in [6.45, 7) is 3.56. The predicted octanol–water partition coefficient (Wildman–Crippen LogP) is 0.462. The topological polar surface area (TPSA) is 89.3 Å². The summed E-state index contributed by atoms with van der Waals surface area (Å²) in [5.74, 6) is 0.323. The first-order valence-corrected chi connectivity index (χ1v) is 7.71. The Labute approximate surface area is 106 Å². The molecule has 0 aliphatic carbocycles. The van der Waals surface area contributed by atoms with Crippen molar-refractivity contribution in [2.24, 2.45) is 0 Å². The van der Waals surface area contributed by atoms with E-state index in [0.29, 0.717) is 29.9 Å². The standard InChI is InChI=1S/C11H16N2O4S/c1-3-9-10(7(2)17-13-9)11(14)12-8-4-5-18(15,16)6-8/h8H,3-6H2,1-2H3,(H,12,14)/t8-/m1/s1. The van der Waals surface area contributed by atoms with Crippen LogP contribution in [0.1, 0.15) is 35.2 Å². The van der Waals surface area contributed by atoms with E-state index < -0.39 is 9.84 Å². The fourth-order valence-electron chi connectivity index (χ4n) is 2.12. The SMILES string of the molecule is CCc1noc(C)c1C(=O)N[C@@H]1CCS(=O)(=O)C1. The molecule has 1 aliphatic rings. The molecule has 0 aromatic carbocycles. The summed E-state index contributed by atoms with van der Waals surface area (Å²) in [5.41, 5.74) is 1.03. The minimum atomic E-state index is -2.99. The maximum atomic E-state index is 12.1. The van der Waals surface area contributed by atoms with E-state index in [4.69, 9.17) is 4.52 Å². The van der Waals surface area contributed by atoms with E-state index in [-0.39, 0.29) is 23.5 Å². The molecule has 1 aromatic heterocycles. The molecule has 0 bridgehead atoms. The van der Waals surface area contributed by atoms with Crippen LogP contribution in [0.15, 0.2) is 4.52 Å². The van der Waals surface area contributed by atoms with Gasteiger partial charge in [0, 0.05) is 6.04 Å².